The Morgan fingerprint density at radius 3 is 3.06 bits per heavy atom. The molecule has 0 aliphatic carbocycles. The van der Waals surface area contributed by atoms with E-state index in [-0.39, 0.29) is 18.0 Å². The Labute approximate surface area is 102 Å². The molecule has 1 aromatic rings. The maximum atomic E-state index is 13.8. The lowest BCUT2D eigenvalue weighted by Gasteiger charge is -2.35. The van der Waals surface area contributed by atoms with Crippen molar-refractivity contribution in [3.63, 3.8) is 0 Å². The lowest BCUT2D eigenvalue weighted by molar-refractivity contribution is 0.266. The molecular formula is C11H12BrFN2O. The van der Waals surface area contributed by atoms with E-state index >= 15 is 0 Å². The van der Waals surface area contributed by atoms with Crippen molar-refractivity contribution in [1.82, 2.24) is 0 Å². The van der Waals surface area contributed by atoms with E-state index in [0.29, 0.717) is 16.8 Å². The van der Waals surface area contributed by atoms with Crippen LogP contribution in [0.3, 0.4) is 0 Å². The van der Waals surface area contributed by atoms with Gasteiger partial charge in [0.1, 0.15) is 18.1 Å². The number of hydrogen-bond acceptors (Lipinski definition) is 3. The molecule has 0 saturated heterocycles. The van der Waals surface area contributed by atoms with Gasteiger partial charge >= 0.3 is 0 Å². The molecule has 16 heavy (non-hydrogen) atoms. The van der Waals surface area contributed by atoms with Crippen LogP contribution in [-0.2, 0) is 0 Å². The molecule has 2 unspecified atom stereocenters. The minimum Gasteiger partial charge on any atom is -0.488 e. The first-order valence-corrected chi connectivity index (χ1v) is 6.08. The standard InChI is InChI=1S/C11H12BrFN2O/c1-5-4-16-11-7(12)3-8(13)9-10(11)15(5)6(2)14-9/h3,5-6,14H,4H2,1-2H3. The number of halogens is 2. The molecular weight excluding hydrogens is 275 g/mol. The summed E-state index contributed by atoms with van der Waals surface area (Å²) in [6.45, 7) is 4.73. The van der Waals surface area contributed by atoms with E-state index in [1.165, 1.54) is 6.07 Å². The lowest BCUT2D eigenvalue weighted by Crippen LogP contribution is -2.45. The van der Waals surface area contributed by atoms with Gasteiger partial charge < -0.3 is 15.0 Å². The van der Waals surface area contributed by atoms with E-state index < -0.39 is 0 Å². The predicted octanol–water partition coefficient (Wildman–Crippen LogP) is 2.95. The maximum absolute atomic E-state index is 13.8. The summed E-state index contributed by atoms with van der Waals surface area (Å²) in [6.07, 6.45) is 0.108. The van der Waals surface area contributed by atoms with Crippen LogP contribution in [0.5, 0.6) is 5.75 Å². The van der Waals surface area contributed by atoms with Gasteiger partial charge in [0.2, 0.25) is 0 Å². The molecule has 2 aliphatic rings. The fourth-order valence-corrected chi connectivity index (χ4v) is 2.97. The van der Waals surface area contributed by atoms with Crippen LogP contribution in [0, 0.1) is 5.82 Å². The summed E-state index contributed by atoms with van der Waals surface area (Å²) < 4.78 is 20.1. The average molecular weight is 287 g/mol. The molecule has 0 spiro atoms. The van der Waals surface area contributed by atoms with Crippen LogP contribution < -0.4 is 15.0 Å². The minimum absolute atomic E-state index is 0.108. The second-order valence-corrected chi connectivity index (χ2v) is 5.13. The zero-order valence-electron chi connectivity index (χ0n) is 9.05. The molecule has 1 aromatic carbocycles. The van der Waals surface area contributed by atoms with Crippen molar-refractivity contribution >= 4 is 27.3 Å². The molecule has 5 heteroatoms. The van der Waals surface area contributed by atoms with Crippen LogP contribution in [0.4, 0.5) is 15.8 Å². The zero-order chi connectivity index (χ0) is 11.4. The summed E-state index contributed by atoms with van der Waals surface area (Å²) in [5.74, 6) is 0.504. The lowest BCUT2D eigenvalue weighted by atomic mass is 10.1. The summed E-state index contributed by atoms with van der Waals surface area (Å²) in [5, 5.41) is 3.16. The van der Waals surface area contributed by atoms with Crippen LogP contribution in [-0.4, -0.2) is 18.8 Å². The Kier molecular flexibility index (Phi) is 2.08. The van der Waals surface area contributed by atoms with Crippen molar-refractivity contribution in [1.29, 1.82) is 0 Å². The highest BCUT2D eigenvalue weighted by Crippen LogP contribution is 2.50. The van der Waals surface area contributed by atoms with E-state index in [0.717, 1.165) is 11.4 Å². The van der Waals surface area contributed by atoms with Crippen LogP contribution in [0.1, 0.15) is 13.8 Å². The molecule has 0 aromatic heterocycles. The Hall–Kier alpha value is -0.970. The smallest absolute Gasteiger partial charge is 0.159 e. The van der Waals surface area contributed by atoms with Gasteiger partial charge in [-0.25, -0.2) is 4.39 Å². The van der Waals surface area contributed by atoms with Gasteiger partial charge in [-0.1, -0.05) is 0 Å². The first-order chi connectivity index (χ1) is 7.59. The molecule has 0 fully saturated rings. The number of anilines is 2. The van der Waals surface area contributed by atoms with Crippen LogP contribution in [0.2, 0.25) is 0 Å². The average Bonchev–Trinajstić information content (AvgIpc) is 2.56. The number of hydrogen-bond donors (Lipinski definition) is 1. The molecule has 2 heterocycles. The van der Waals surface area contributed by atoms with E-state index in [9.17, 15) is 4.39 Å². The van der Waals surface area contributed by atoms with Crippen molar-refractivity contribution in [2.45, 2.75) is 26.1 Å². The first kappa shape index (κ1) is 10.2. The highest BCUT2D eigenvalue weighted by Gasteiger charge is 2.38. The third-order valence-corrected chi connectivity index (χ3v) is 3.72. The first-order valence-electron chi connectivity index (χ1n) is 5.29. The summed E-state index contributed by atoms with van der Waals surface area (Å²) in [5.41, 5.74) is 1.40. The monoisotopic (exact) mass is 286 g/mol. The third kappa shape index (κ3) is 1.18. The van der Waals surface area contributed by atoms with Gasteiger partial charge in [-0.15, -0.1) is 0 Å². The molecule has 3 rings (SSSR count). The van der Waals surface area contributed by atoms with Gasteiger partial charge in [0.05, 0.1) is 22.4 Å². The molecule has 0 amide bonds. The topological polar surface area (TPSA) is 24.5 Å². The van der Waals surface area contributed by atoms with Crippen LogP contribution in [0.25, 0.3) is 0 Å². The van der Waals surface area contributed by atoms with Crippen molar-refractivity contribution < 1.29 is 9.13 Å². The molecule has 3 nitrogen and oxygen atoms in total. The summed E-state index contributed by atoms with van der Waals surface area (Å²) >= 11 is 3.34. The number of rotatable bonds is 0. The molecule has 2 aliphatic heterocycles. The van der Waals surface area contributed by atoms with Gasteiger partial charge in [0.15, 0.2) is 5.75 Å². The van der Waals surface area contributed by atoms with Crippen molar-refractivity contribution in [2.24, 2.45) is 0 Å². The normalized spacial score (nSPS) is 26.1. The van der Waals surface area contributed by atoms with E-state index in [2.05, 4.69) is 33.1 Å². The largest absolute Gasteiger partial charge is 0.488 e. The van der Waals surface area contributed by atoms with Gasteiger partial charge in [0.25, 0.3) is 0 Å². The Bertz CT molecular complexity index is 466. The maximum Gasteiger partial charge on any atom is 0.159 e. The van der Waals surface area contributed by atoms with E-state index in [1.807, 2.05) is 6.92 Å². The van der Waals surface area contributed by atoms with Gasteiger partial charge in [-0.2, -0.15) is 0 Å². The summed E-state index contributed by atoms with van der Waals surface area (Å²) in [7, 11) is 0. The fraction of sp³-hybridized carbons (Fsp3) is 0.455. The summed E-state index contributed by atoms with van der Waals surface area (Å²) in [4.78, 5) is 2.17. The third-order valence-electron chi connectivity index (χ3n) is 3.13. The van der Waals surface area contributed by atoms with Crippen LogP contribution >= 0.6 is 15.9 Å². The molecule has 1 N–H and O–H groups in total. The van der Waals surface area contributed by atoms with E-state index in [4.69, 9.17) is 4.74 Å². The molecule has 2 atom stereocenters. The number of benzene rings is 1. The highest BCUT2D eigenvalue weighted by atomic mass is 79.9. The quantitative estimate of drug-likeness (QED) is 0.794. The van der Waals surface area contributed by atoms with Gasteiger partial charge in [0, 0.05) is 0 Å². The second-order valence-electron chi connectivity index (χ2n) is 4.28. The van der Waals surface area contributed by atoms with Crippen LogP contribution in [0.15, 0.2) is 10.5 Å². The van der Waals surface area contributed by atoms with Gasteiger partial charge in [-0.05, 0) is 35.8 Å². The van der Waals surface area contributed by atoms with Crippen molar-refractivity contribution in [2.75, 3.05) is 16.8 Å². The summed E-state index contributed by atoms with van der Waals surface area (Å²) in [6, 6.07) is 1.71. The predicted molar refractivity (Wildman–Crippen MR) is 64.6 cm³/mol. The molecule has 0 saturated carbocycles. The molecule has 0 bridgehead atoms. The number of nitrogens with zero attached hydrogens (tertiary/aromatic N) is 1. The van der Waals surface area contributed by atoms with Crippen molar-refractivity contribution in [3.8, 4) is 5.75 Å². The second kappa shape index (κ2) is 3.26. The SMILES string of the molecule is CC1COc2c(Br)cc(F)c3c2N1C(C)N3. The van der Waals surface area contributed by atoms with Gasteiger partial charge in [-0.3, -0.25) is 0 Å². The highest BCUT2D eigenvalue weighted by molar-refractivity contribution is 9.10. The Morgan fingerprint density at radius 1 is 1.56 bits per heavy atom. The zero-order valence-corrected chi connectivity index (χ0v) is 10.6. The van der Waals surface area contributed by atoms with Crippen molar-refractivity contribution in [3.05, 3.63) is 16.4 Å². The fourth-order valence-electron chi connectivity index (χ4n) is 2.47. The molecule has 0 radical (unpaired) electrons. The molecule has 86 valence electrons. The number of ether oxygens (including phenoxy) is 1. The Morgan fingerprint density at radius 2 is 2.31 bits per heavy atom. The Balaban J connectivity index is 2.27. The van der Waals surface area contributed by atoms with E-state index in [1.54, 1.807) is 0 Å². The minimum atomic E-state index is -0.238. The number of nitrogens with one attached hydrogen (secondary N) is 1.